The molecule has 1 aliphatic carbocycles. The van der Waals surface area contributed by atoms with Gasteiger partial charge in [-0.3, -0.25) is 23.5 Å². The van der Waals surface area contributed by atoms with Crippen molar-refractivity contribution in [3.63, 3.8) is 0 Å². The van der Waals surface area contributed by atoms with Crippen molar-refractivity contribution >= 4 is 41.5 Å². The number of hydrogen-bond donors (Lipinski definition) is 4. The molecule has 284 valence electrons. The third-order valence-electron chi connectivity index (χ3n) is 9.00. The molecule has 0 radical (unpaired) electrons. The van der Waals surface area contributed by atoms with Crippen LogP contribution in [0.4, 0.5) is 4.79 Å². The maximum atomic E-state index is 14.3. The summed E-state index contributed by atoms with van der Waals surface area (Å²) in [7, 11) is 1.98. The standard InChI is InChI=1S/C32H56N6O5S.C3H8.C2H6/c1-9-15-22(25(39)28(41)33-19-10-2)34-27(40)23-16-14-20-38(23)29(42)26(32(6)17-12-11-13-18-32)36-30(43)35-24(31(3,4)5)21-37(7)44-8;1-3-2;1-2/h10,22-24,26H,2,9,11-21H2,1,3-8H3,(H,33,41)(H,34,40)(H2,35,36,43);3H2,1-2H3;1-2H3. The van der Waals surface area contributed by atoms with Crippen LogP contribution in [0.25, 0.3) is 0 Å². The van der Waals surface area contributed by atoms with E-state index in [0.29, 0.717) is 38.8 Å². The summed E-state index contributed by atoms with van der Waals surface area (Å²) in [4.78, 5) is 68.2. The summed E-state index contributed by atoms with van der Waals surface area (Å²) in [6, 6.07) is -3.16. The van der Waals surface area contributed by atoms with Crippen molar-refractivity contribution < 1.29 is 24.0 Å². The van der Waals surface area contributed by atoms with Gasteiger partial charge in [0.1, 0.15) is 12.1 Å². The van der Waals surface area contributed by atoms with Gasteiger partial charge in [0.05, 0.1) is 6.04 Å². The minimum absolute atomic E-state index is 0.147. The topological polar surface area (TPSA) is 140 Å². The summed E-state index contributed by atoms with van der Waals surface area (Å²) in [5.41, 5.74) is -0.684. The lowest BCUT2D eigenvalue weighted by Crippen LogP contribution is -2.62. The molecular weight excluding hydrogens is 641 g/mol. The lowest BCUT2D eigenvalue weighted by molar-refractivity contribution is -0.144. The van der Waals surface area contributed by atoms with E-state index in [4.69, 9.17) is 0 Å². The van der Waals surface area contributed by atoms with Crippen LogP contribution in [-0.2, 0) is 19.2 Å². The van der Waals surface area contributed by atoms with Gasteiger partial charge in [-0.1, -0.05) is 112 Å². The molecule has 1 heterocycles. The van der Waals surface area contributed by atoms with Gasteiger partial charge < -0.3 is 26.2 Å². The van der Waals surface area contributed by atoms with Crippen LogP contribution in [0.5, 0.6) is 0 Å². The number of nitrogens with one attached hydrogen (secondary N) is 4. The van der Waals surface area contributed by atoms with E-state index in [-0.39, 0.29) is 23.9 Å². The highest BCUT2D eigenvalue weighted by molar-refractivity contribution is 7.96. The molecule has 11 nitrogen and oxygen atoms in total. The number of rotatable bonds is 15. The Kier molecular flexibility index (Phi) is 22.5. The number of likely N-dealkylation sites (N-methyl/N-ethyl adjacent to an activating group) is 1. The first kappa shape index (κ1) is 46.4. The molecule has 2 aliphatic rings. The van der Waals surface area contributed by atoms with Crippen molar-refractivity contribution in [1.82, 2.24) is 30.5 Å². The molecule has 4 unspecified atom stereocenters. The van der Waals surface area contributed by atoms with E-state index < -0.39 is 47.2 Å². The Hall–Kier alpha value is -2.60. The first-order valence-electron chi connectivity index (χ1n) is 18.5. The Morgan fingerprint density at radius 1 is 1.00 bits per heavy atom. The largest absolute Gasteiger partial charge is 0.346 e. The maximum absolute atomic E-state index is 14.3. The van der Waals surface area contributed by atoms with Crippen molar-refractivity contribution in [2.24, 2.45) is 10.8 Å². The van der Waals surface area contributed by atoms with Gasteiger partial charge in [-0.2, -0.15) is 0 Å². The van der Waals surface area contributed by atoms with Gasteiger partial charge in [0.25, 0.3) is 5.91 Å². The Bertz CT molecular complexity index is 1040. The first-order chi connectivity index (χ1) is 23.1. The van der Waals surface area contributed by atoms with Gasteiger partial charge in [0.15, 0.2) is 0 Å². The fraction of sp³-hybridized carbons (Fsp3) is 0.811. The highest BCUT2D eigenvalue weighted by Crippen LogP contribution is 2.40. The lowest BCUT2D eigenvalue weighted by atomic mass is 9.70. The highest BCUT2D eigenvalue weighted by atomic mass is 32.2. The zero-order valence-electron chi connectivity index (χ0n) is 32.6. The number of likely N-dealkylation sites (tertiary alicyclic amines) is 1. The second kappa shape index (κ2) is 23.7. The molecule has 49 heavy (non-hydrogen) atoms. The normalized spacial score (nSPS) is 18.7. The second-order valence-electron chi connectivity index (χ2n) is 14.3. The van der Waals surface area contributed by atoms with Gasteiger partial charge in [0, 0.05) is 25.7 Å². The zero-order chi connectivity index (χ0) is 37.8. The van der Waals surface area contributed by atoms with Crippen LogP contribution < -0.4 is 21.3 Å². The van der Waals surface area contributed by atoms with Crippen LogP contribution in [0.3, 0.4) is 0 Å². The molecule has 0 spiro atoms. The van der Waals surface area contributed by atoms with E-state index in [1.807, 2.05) is 34.1 Å². The minimum Gasteiger partial charge on any atom is -0.346 e. The average molecular weight is 711 g/mol. The van der Waals surface area contributed by atoms with Crippen molar-refractivity contribution in [2.75, 3.05) is 32.9 Å². The smallest absolute Gasteiger partial charge is 0.315 e. The summed E-state index contributed by atoms with van der Waals surface area (Å²) in [6.45, 7) is 23.1. The van der Waals surface area contributed by atoms with E-state index in [9.17, 15) is 24.0 Å². The molecular formula is C37H70N6O5S. The van der Waals surface area contributed by atoms with Crippen molar-refractivity contribution in [3.05, 3.63) is 12.7 Å². The number of amides is 5. The van der Waals surface area contributed by atoms with Gasteiger partial charge >= 0.3 is 6.03 Å². The molecule has 4 N–H and O–H groups in total. The van der Waals surface area contributed by atoms with E-state index in [2.05, 4.69) is 73.7 Å². The van der Waals surface area contributed by atoms with E-state index in [1.54, 1.807) is 16.8 Å². The second-order valence-corrected chi connectivity index (χ2v) is 15.3. The molecule has 5 amide bonds. The third kappa shape index (κ3) is 15.4. The zero-order valence-corrected chi connectivity index (χ0v) is 33.4. The number of nitrogens with zero attached hydrogens (tertiary/aromatic N) is 2. The van der Waals surface area contributed by atoms with Gasteiger partial charge in [0.2, 0.25) is 17.6 Å². The molecule has 12 heteroatoms. The monoisotopic (exact) mass is 711 g/mol. The molecule has 2 rings (SSSR count). The number of Topliss-reactive ketones (excluding diaryl/α,β-unsaturated/α-hetero) is 1. The van der Waals surface area contributed by atoms with Gasteiger partial charge in [-0.25, -0.2) is 4.79 Å². The van der Waals surface area contributed by atoms with Crippen molar-refractivity contribution in [1.29, 1.82) is 0 Å². The van der Waals surface area contributed by atoms with E-state index in [1.165, 1.54) is 12.5 Å². The molecule has 1 saturated carbocycles. The number of hydrogen-bond acceptors (Lipinski definition) is 7. The molecule has 4 atom stereocenters. The van der Waals surface area contributed by atoms with Crippen LogP contribution in [-0.4, -0.2) is 95.8 Å². The molecule has 0 aromatic heterocycles. The molecule has 1 saturated heterocycles. The van der Waals surface area contributed by atoms with Gasteiger partial charge in [-0.15, -0.1) is 6.58 Å². The first-order valence-corrected chi connectivity index (χ1v) is 19.6. The Balaban J connectivity index is 0.00000435. The van der Waals surface area contributed by atoms with Crippen LogP contribution in [0, 0.1) is 10.8 Å². The van der Waals surface area contributed by atoms with Crippen LogP contribution >= 0.6 is 11.9 Å². The number of urea groups is 1. The van der Waals surface area contributed by atoms with Gasteiger partial charge in [-0.05, 0) is 56.2 Å². The summed E-state index contributed by atoms with van der Waals surface area (Å²) >= 11 is 1.59. The van der Waals surface area contributed by atoms with Crippen molar-refractivity contribution in [3.8, 4) is 0 Å². The molecule has 0 bridgehead atoms. The predicted octanol–water partition coefficient (Wildman–Crippen LogP) is 5.84. The number of ketones is 1. The summed E-state index contributed by atoms with van der Waals surface area (Å²) in [6.07, 6.45) is 11.3. The number of carbonyl (C=O) groups is 5. The highest BCUT2D eigenvalue weighted by Gasteiger charge is 2.46. The molecule has 0 aromatic carbocycles. The quantitative estimate of drug-likeness (QED) is 0.0952. The third-order valence-corrected chi connectivity index (χ3v) is 9.77. The molecule has 1 aliphatic heterocycles. The minimum atomic E-state index is -0.987. The van der Waals surface area contributed by atoms with Crippen LogP contribution in [0.15, 0.2) is 12.7 Å². The van der Waals surface area contributed by atoms with Crippen LogP contribution in [0.2, 0.25) is 0 Å². The lowest BCUT2D eigenvalue weighted by Gasteiger charge is -2.43. The van der Waals surface area contributed by atoms with E-state index >= 15 is 0 Å². The molecule has 0 aromatic rings. The maximum Gasteiger partial charge on any atom is 0.315 e. The Morgan fingerprint density at radius 3 is 2.10 bits per heavy atom. The van der Waals surface area contributed by atoms with E-state index in [0.717, 1.165) is 32.1 Å². The Morgan fingerprint density at radius 2 is 1.59 bits per heavy atom. The average Bonchev–Trinajstić information content (AvgIpc) is 3.56. The Labute approximate surface area is 302 Å². The summed E-state index contributed by atoms with van der Waals surface area (Å²) in [5, 5.41) is 11.4. The van der Waals surface area contributed by atoms with Crippen LogP contribution in [0.1, 0.15) is 127 Å². The summed E-state index contributed by atoms with van der Waals surface area (Å²) < 4.78 is 2.06. The fourth-order valence-corrected chi connectivity index (χ4v) is 6.38. The summed E-state index contributed by atoms with van der Waals surface area (Å²) in [5.74, 6) is -2.23. The fourth-order valence-electron chi connectivity index (χ4n) is 6.09. The molecule has 2 fully saturated rings. The van der Waals surface area contributed by atoms with Crippen molar-refractivity contribution in [2.45, 2.75) is 151 Å². The SMILES string of the molecule is C=CCNC(=O)C(=O)C(CCC)NC(=O)C1CCCN1C(=O)C(NC(=O)NC(CN(C)SC)C(C)(C)C)C1(C)CCCCC1.CC.CCC. The predicted molar refractivity (Wildman–Crippen MR) is 203 cm³/mol. The number of carbonyl (C=O) groups excluding carboxylic acids is 5.